The predicted molar refractivity (Wildman–Crippen MR) is 60.1 cm³/mol. The van der Waals surface area contributed by atoms with E-state index in [4.69, 9.17) is 5.73 Å². The van der Waals surface area contributed by atoms with E-state index < -0.39 is 0 Å². The molecular formula is C12H15N. The van der Waals surface area contributed by atoms with Crippen LogP contribution in [0.1, 0.15) is 5.56 Å². The van der Waals surface area contributed by atoms with E-state index in [2.05, 4.69) is 19.7 Å². The maximum atomic E-state index is 5.42. The Labute approximate surface area is 79.9 Å². The molecule has 1 heteroatoms. The monoisotopic (exact) mass is 173 g/mol. The molecule has 0 aliphatic heterocycles. The van der Waals surface area contributed by atoms with E-state index in [-0.39, 0.29) is 0 Å². The Morgan fingerprint density at radius 1 is 1.08 bits per heavy atom. The van der Waals surface area contributed by atoms with Gasteiger partial charge in [0.2, 0.25) is 0 Å². The smallest absolute Gasteiger partial charge is 0.0314 e. The summed E-state index contributed by atoms with van der Waals surface area (Å²) in [4.78, 5) is 0. The van der Waals surface area contributed by atoms with Crippen LogP contribution in [0.25, 0.3) is 5.70 Å². The minimum Gasteiger partial charge on any atom is -0.399 e. The molecule has 0 aliphatic carbocycles. The van der Waals surface area contributed by atoms with E-state index in [1.165, 1.54) is 0 Å². The molecule has 2 N–H and O–H groups in total. The van der Waals surface area contributed by atoms with Gasteiger partial charge in [0, 0.05) is 5.70 Å². The number of hydrogen-bond acceptors (Lipinski definition) is 1. The van der Waals surface area contributed by atoms with Crippen LogP contribution >= 0.6 is 0 Å². The number of rotatable bonds is 2. The molecule has 1 rings (SSSR count). The van der Waals surface area contributed by atoms with Gasteiger partial charge >= 0.3 is 0 Å². The van der Waals surface area contributed by atoms with Crippen LogP contribution in [0.15, 0.2) is 62.2 Å². The molecule has 13 heavy (non-hydrogen) atoms. The lowest BCUT2D eigenvalue weighted by Crippen LogP contribution is -1.91. The predicted octanol–water partition coefficient (Wildman–Crippen LogP) is 2.97. The van der Waals surface area contributed by atoms with Gasteiger partial charge in [0.05, 0.1) is 0 Å². The molecule has 0 unspecified atom stereocenters. The van der Waals surface area contributed by atoms with Crippen LogP contribution in [0.2, 0.25) is 0 Å². The molecule has 0 saturated heterocycles. The molecule has 68 valence electrons. The highest BCUT2D eigenvalue weighted by Gasteiger charge is 1.86. The first-order valence-electron chi connectivity index (χ1n) is 3.95. The van der Waals surface area contributed by atoms with Gasteiger partial charge in [0.1, 0.15) is 0 Å². The van der Waals surface area contributed by atoms with Crippen molar-refractivity contribution in [1.82, 2.24) is 0 Å². The molecule has 0 spiro atoms. The lowest BCUT2D eigenvalue weighted by molar-refractivity contribution is 1.53. The highest BCUT2D eigenvalue weighted by Crippen LogP contribution is 2.03. The summed E-state index contributed by atoms with van der Waals surface area (Å²) in [6.45, 7) is 10.3. The lowest BCUT2D eigenvalue weighted by Gasteiger charge is -1.95. The topological polar surface area (TPSA) is 26.0 Å². The Kier molecular flexibility index (Phi) is 5.98. The Bertz CT molecular complexity index is 266. The zero-order valence-corrected chi connectivity index (χ0v) is 7.74. The van der Waals surface area contributed by atoms with Crippen molar-refractivity contribution in [3.63, 3.8) is 0 Å². The number of hydrogen-bond donors (Lipinski definition) is 1. The molecule has 0 saturated carbocycles. The molecule has 0 fully saturated rings. The van der Waals surface area contributed by atoms with E-state index in [1.807, 2.05) is 30.3 Å². The zero-order valence-electron chi connectivity index (χ0n) is 7.74. The average molecular weight is 173 g/mol. The van der Waals surface area contributed by atoms with Gasteiger partial charge < -0.3 is 5.73 Å². The van der Waals surface area contributed by atoms with Gasteiger partial charge in [-0.25, -0.2) is 0 Å². The van der Waals surface area contributed by atoms with E-state index in [0.29, 0.717) is 5.70 Å². The maximum absolute atomic E-state index is 5.42. The third-order valence-electron chi connectivity index (χ3n) is 1.31. The van der Waals surface area contributed by atoms with E-state index in [0.717, 1.165) is 5.56 Å². The first-order chi connectivity index (χ1) is 6.22. The van der Waals surface area contributed by atoms with Gasteiger partial charge in [-0.05, 0) is 5.56 Å². The first kappa shape index (κ1) is 11.2. The number of benzene rings is 1. The molecule has 1 aromatic rings. The Balaban J connectivity index is 0.000000310. The third kappa shape index (κ3) is 5.50. The first-order valence-corrected chi connectivity index (χ1v) is 3.95. The van der Waals surface area contributed by atoms with Crippen molar-refractivity contribution in [2.24, 2.45) is 5.73 Å². The minimum atomic E-state index is 0.621. The molecular weight excluding hydrogens is 158 g/mol. The summed E-state index contributed by atoms with van der Waals surface area (Å²) in [5, 5.41) is 0. The van der Waals surface area contributed by atoms with Crippen LogP contribution in [0.5, 0.6) is 0 Å². The highest BCUT2D eigenvalue weighted by molar-refractivity contribution is 5.59. The van der Waals surface area contributed by atoms with E-state index in [9.17, 15) is 0 Å². The van der Waals surface area contributed by atoms with Crippen molar-refractivity contribution in [2.45, 2.75) is 0 Å². The van der Waals surface area contributed by atoms with Crippen LogP contribution in [0.4, 0.5) is 0 Å². The fraction of sp³-hybridized carbons (Fsp3) is 0. The van der Waals surface area contributed by atoms with Gasteiger partial charge in [-0.2, -0.15) is 0 Å². The summed E-state index contributed by atoms with van der Waals surface area (Å²) in [6.07, 6.45) is 3.28. The zero-order chi connectivity index (χ0) is 10.1. The van der Waals surface area contributed by atoms with E-state index in [1.54, 1.807) is 12.2 Å². The largest absolute Gasteiger partial charge is 0.399 e. The second kappa shape index (κ2) is 6.92. The lowest BCUT2D eigenvalue weighted by atomic mass is 10.2. The third-order valence-corrected chi connectivity index (χ3v) is 1.31. The van der Waals surface area contributed by atoms with Crippen molar-refractivity contribution in [3.05, 3.63) is 67.8 Å². The molecule has 0 radical (unpaired) electrons. The minimum absolute atomic E-state index is 0.621. The molecule has 0 aliphatic rings. The Morgan fingerprint density at radius 2 is 1.54 bits per heavy atom. The van der Waals surface area contributed by atoms with Crippen molar-refractivity contribution < 1.29 is 0 Å². The fourth-order valence-corrected chi connectivity index (χ4v) is 0.652. The molecule has 1 aromatic carbocycles. The normalized spacial score (nSPS) is 7.69. The van der Waals surface area contributed by atoms with Crippen molar-refractivity contribution in [3.8, 4) is 0 Å². The number of nitrogens with two attached hydrogens (primary N) is 1. The standard InChI is InChI=1S/C8H9N.C4H6/c1-7(9)8-5-3-2-4-6-8;1-3-4-2/h2-6H,1,9H2;3-4H,1-2H2. The molecule has 0 heterocycles. The van der Waals surface area contributed by atoms with Crippen LogP contribution in [0, 0.1) is 0 Å². The summed E-state index contributed by atoms with van der Waals surface area (Å²) in [5.74, 6) is 0. The quantitative estimate of drug-likeness (QED) is 0.684. The second-order valence-electron chi connectivity index (χ2n) is 2.36. The fourth-order valence-electron chi connectivity index (χ4n) is 0.652. The molecule has 0 bridgehead atoms. The molecule has 0 atom stereocenters. The van der Waals surface area contributed by atoms with Gasteiger partial charge in [-0.1, -0.05) is 62.2 Å². The summed E-state index contributed by atoms with van der Waals surface area (Å²) in [6, 6.07) is 9.69. The molecule has 1 nitrogen and oxygen atoms in total. The average Bonchev–Trinajstić information content (AvgIpc) is 2.19. The highest BCUT2D eigenvalue weighted by atomic mass is 14.6. The van der Waals surface area contributed by atoms with Gasteiger partial charge in [0.25, 0.3) is 0 Å². The number of allylic oxidation sites excluding steroid dienone is 2. The second-order valence-corrected chi connectivity index (χ2v) is 2.36. The molecule has 0 amide bonds. The van der Waals surface area contributed by atoms with E-state index >= 15 is 0 Å². The van der Waals surface area contributed by atoms with Crippen molar-refractivity contribution >= 4 is 5.70 Å². The van der Waals surface area contributed by atoms with Gasteiger partial charge in [0.15, 0.2) is 0 Å². The summed E-state index contributed by atoms with van der Waals surface area (Å²) < 4.78 is 0. The molecule has 0 aromatic heterocycles. The summed E-state index contributed by atoms with van der Waals surface area (Å²) in [7, 11) is 0. The summed E-state index contributed by atoms with van der Waals surface area (Å²) in [5.41, 5.74) is 7.04. The summed E-state index contributed by atoms with van der Waals surface area (Å²) >= 11 is 0. The Hall–Kier alpha value is -1.76. The Morgan fingerprint density at radius 3 is 1.77 bits per heavy atom. The van der Waals surface area contributed by atoms with Crippen molar-refractivity contribution in [1.29, 1.82) is 0 Å². The van der Waals surface area contributed by atoms with Gasteiger partial charge in [-0.15, -0.1) is 0 Å². The van der Waals surface area contributed by atoms with Gasteiger partial charge in [-0.3, -0.25) is 0 Å². The van der Waals surface area contributed by atoms with Crippen LogP contribution < -0.4 is 5.73 Å². The van der Waals surface area contributed by atoms with Crippen LogP contribution in [0.3, 0.4) is 0 Å². The van der Waals surface area contributed by atoms with Crippen LogP contribution in [-0.4, -0.2) is 0 Å². The van der Waals surface area contributed by atoms with Crippen LogP contribution in [-0.2, 0) is 0 Å². The SMILES string of the molecule is C=C(N)c1ccccc1.C=CC=C. The van der Waals surface area contributed by atoms with Crippen molar-refractivity contribution in [2.75, 3.05) is 0 Å². The maximum Gasteiger partial charge on any atom is 0.0314 e.